The number of benzene rings is 1. The van der Waals surface area contributed by atoms with E-state index in [1.807, 2.05) is 6.92 Å². The van der Waals surface area contributed by atoms with Gasteiger partial charge in [-0.15, -0.1) is 0 Å². The highest BCUT2D eigenvalue weighted by Gasteiger charge is 2.02. The van der Waals surface area contributed by atoms with Gasteiger partial charge >= 0.3 is 6.09 Å². The van der Waals surface area contributed by atoms with E-state index in [1.165, 1.54) is 0 Å². The van der Waals surface area contributed by atoms with Crippen LogP contribution < -0.4 is 10.1 Å². The van der Waals surface area contributed by atoms with Crippen molar-refractivity contribution in [3.05, 3.63) is 31.2 Å². The second-order valence-electron chi connectivity index (χ2n) is 3.49. The fourth-order valence-corrected chi connectivity index (χ4v) is 1.22. The van der Waals surface area contributed by atoms with Crippen LogP contribution in [0.3, 0.4) is 0 Å². The zero-order chi connectivity index (χ0) is 12.5. The predicted molar refractivity (Wildman–Crippen MR) is 67.2 cm³/mol. The van der Waals surface area contributed by atoms with Crippen LogP contribution in [0, 0.1) is 6.92 Å². The molecule has 4 heteroatoms. The Morgan fingerprint density at radius 2 is 2.06 bits per heavy atom. The molecule has 1 radical (unpaired) electrons. The van der Waals surface area contributed by atoms with Crippen molar-refractivity contribution in [2.24, 2.45) is 0 Å². The molecule has 1 N–H and O–H groups in total. The number of carbonyl (C=O) groups excluding carboxylic acids is 1. The third-order valence-electron chi connectivity index (χ3n) is 2.10. The Morgan fingerprint density at radius 1 is 1.35 bits per heavy atom. The highest BCUT2D eigenvalue weighted by Crippen LogP contribution is 2.15. The standard InChI is InChI=1S/C13H18NO3/c1-3-5-10-17-13(15)14-11-6-8-12(9-7-11)16-4-2/h6-9H,2-5,10H2,1H3,(H,14,15). The summed E-state index contributed by atoms with van der Waals surface area (Å²) >= 11 is 0. The fourth-order valence-electron chi connectivity index (χ4n) is 1.22. The minimum absolute atomic E-state index is 0.381. The quantitative estimate of drug-likeness (QED) is 0.771. The molecule has 0 saturated heterocycles. The molecule has 0 aromatic heterocycles. The molecule has 1 aromatic carbocycles. The van der Waals surface area contributed by atoms with E-state index in [9.17, 15) is 4.79 Å². The number of anilines is 1. The molecule has 0 spiro atoms. The van der Waals surface area contributed by atoms with Gasteiger partial charge in [-0.1, -0.05) is 13.3 Å². The summed E-state index contributed by atoms with van der Waals surface area (Å²) in [5.74, 6) is 0.727. The molecule has 1 amide bonds. The first-order valence-corrected chi connectivity index (χ1v) is 5.72. The monoisotopic (exact) mass is 236 g/mol. The Hall–Kier alpha value is -1.71. The summed E-state index contributed by atoms with van der Waals surface area (Å²) in [6.45, 7) is 6.46. The highest BCUT2D eigenvalue weighted by molar-refractivity contribution is 5.84. The van der Waals surface area contributed by atoms with Crippen molar-refractivity contribution in [1.82, 2.24) is 0 Å². The summed E-state index contributed by atoms with van der Waals surface area (Å²) < 4.78 is 10.2. The summed E-state index contributed by atoms with van der Waals surface area (Å²) in [5.41, 5.74) is 0.683. The van der Waals surface area contributed by atoms with Gasteiger partial charge in [0, 0.05) is 5.69 Å². The topological polar surface area (TPSA) is 47.6 Å². The van der Waals surface area contributed by atoms with Crippen LogP contribution >= 0.6 is 0 Å². The summed E-state index contributed by atoms with van der Waals surface area (Å²) in [4.78, 5) is 11.3. The molecular formula is C13H18NO3. The van der Waals surface area contributed by atoms with Crippen LogP contribution in [0.1, 0.15) is 19.8 Å². The van der Waals surface area contributed by atoms with E-state index in [-0.39, 0.29) is 0 Å². The molecule has 17 heavy (non-hydrogen) atoms. The van der Waals surface area contributed by atoms with Crippen LogP contribution in [0.2, 0.25) is 0 Å². The molecule has 0 bridgehead atoms. The van der Waals surface area contributed by atoms with E-state index in [0.717, 1.165) is 18.6 Å². The van der Waals surface area contributed by atoms with Gasteiger partial charge in [0.15, 0.2) is 0 Å². The first kappa shape index (κ1) is 13.4. The van der Waals surface area contributed by atoms with E-state index >= 15 is 0 Å². The average Bonchev–Trinajstić information content (AvgIpc) is 2.32. The Labute approximate surface area is 102 Å². The summed E-state index contributed by atoms with van der Waals surface area (Å²) in [7, 11) is 0. The Bertz CT molecular complexity index is 335. The zero-order valence-electron chi connectivity index (χ0n) is 10.1. The molecule has 0 saturated carbocycles. The summed E-state index contributed by atoms with van der Waals surface area (Å²) in [6.07, 6.45) is 1.46. The molecule has 0 aliphatic heterocycles. The summed E-state index contributed by atoms with van der Waals surface area (Å²) in [6, 6.07) is 7.05. The van der Waals surface area contributed by atoms with Gasteiger partial charge in [-0.25, -0.2) is 4.79 Å². The van der Waals surface area contributed by atoms with Crippen molar-refractivity contribution in [3.63, 3.8) is 0 Å². The third-order valence-corrected chi connectivity index (χ3v) is 2.10. The lowest BCUT2D eigenvalue weighted by Gasteiger charge is -2.07. The van der Waals surface area contributed by atoms with Crippen molar-refractivity contribution >= 4 is 11.8 Å². The van der Waals surface area contributed by atoms with Crippen LogP contribution in [0.5, 0.6) is 5.75 Å². The molecule has 1 aromatic rings. The maximum Gasteiger partial charge on any atom is 0.411 e. The van der Waals surface area contributed by atoms with Gasteiger partial charge in [-0.2, -0.15) is 0 Å². The number of unbranched alkanes of at least 4 members (excludes halogenated alkanes) is 1. The van der Waals surface area contributed by atoms with E-state index in [2.05, 4.69) is 12.2 Å². The number of ether oxygens (including phenoxy) is 2. The number of rotatable bonds is 6. The first-order valence-electron chi connectivity index (χ1n) is 5.72. The molecular weight excluding hydrogens is 218 g/mol. The molecule has 0 fully saturated rings. The lowest BCUT2D eigenvalue weighted by Crippen LogP contribution is -2.14. The van der Waals surface area contributed by atoms with E-state index in [0.29, 0.717) is 18.9 Å². The molecule has 0 atom stereocenters. The molecule has 0 aliphatic carbocycles. The van der Waals surface area contributed by atoms with Crippen LogP contribution in [-0.4, -0.2) is 19.3 Å². The second kappa shape index (κ2) is 7.54. The summed E-state index contributed by atoms with van der Waals surface area (Å²) in [5, 5.41) is 2.64. The molecule has 4 nitrogen and oxygen atoms in total. The molecule has 93 valence electrons. The van der Waals surface area contributed by atoms with Gasteiger partial charge in [0.2, 0.25) is 0 Å². The smallest absolute Gasteiger partial charge is 0.411 e. The van der Waals surface area contributed by atoms with E-state index in [4.69, 9.17) is 9.47 Å². The maximum atomic E-state index is 11.3. The number of hydrogen-bond donors (Lipinski definition) is 1. The average molecular weight is 236 g/mol. The number of carbonyl (C=O) groups is 1. The molecule has 1 rings (SSSR count). The van der Waals surface area contributed by atoms with Crippen molar-refractivity contribution in [1.29, 1.82) is 0 Å². The minimum atomic E-state index is -0.427. The number of hydrogen-bond acceptors (Lipinski definition) is 3. The van der Waals surface area contributed by atoms with Crippen LogP contribution in [0.25, 0.3) is 0 Å². The van der Waals surface area contributed by atoms with Crippen molar-refractivity contribution in [2.75, 3.05) is 18.5 Å². The van der Waals surface area contributed by atoms with Gasteiger partial charge < -0.3 is 9.47 Å². The van der Waals surface area contributed by atoms with Crippen molar-refractivity contribution < 1.29 is 14.3 Å². The maximum absolute atomic E-state index is 11.3. The van der Waals surface area contributed by atoms with E-state index < -0.39 is 6.09 Å². The van der Waals surface area contributed by atoms with Gasteiger partial charge in [0.1, 0.15) is 5.75 Å². The van der Waals surface area contributed by atoms with Crippen LogP contribution in [0.4, 0.5) is 10.5 Å². The molecule has 0 aliphatic rings. The van der Waals surface area contributed by atoms with Crippen LogP contribution in [-0.2, 0) is 4.74 Å². The van der Waals surface area contributed by atoms with E-state index in [1.54, 1.807) is 24.3 Å². The fraction of sp³-hybridized carbons (Fsp3) is 0.385. The lowest BCUT2D eigenvalue weighted by molar-refractivity contribution is 0.160. The third kappa shape index (κ3) is 5.24. The van der Waals surface area contributed by atoms with Gasteiger partial charge in [-0.3, -0.25) is 5.32 Å². The van der Waals surface area contributed by atoms with Crippen molar-refractivity contribution in [2.45, 2.75) is 19.8 Å². The normalized spacial score (nSPS) is 9.76. The van der Waals surface area contributed by atoms with Gasteiger partial charge in [-0.05, 0) is 37.6 Å². The highest BCUT2D eigenvalue weighted by atomic mass is 16.5. The second-order valence-corrected chi connectivity index (χ2v) is 3.49. The molecule has 0 heterocycles. The zero-order valence-corrected chi connectivity index (χ0v) is 10.1. The molecule has 0 unspecified atom stereocenters. The lowest BCUT2D eigenvalue weighted by atomic mass is 10.3. The van der Waals surface area contributed by atoms with Gasteiger partial charge in [0.25, 0.3) is 0 Å². The Kier molecular flexibility index (Phi) is 5.93. The van der Waals surface area contributed by atoms with Gasteiger partial charge in [0.05, 0.1) is 13.2 Å². The largest absolute Gasteiger partial charge is 0.494 e. The number of nitrogens with one attached hydrogen (secondary N) is 1. The first-order chi connectivity index (χ1) is 8.26. The predicted octanol–water partition coefficient (Wildman–Crippen LogP) is 3.25. The Balaban J connectivity index is 2.37. The SMILES string of the molecule is [CH2]COc1ccc(NC(=O)OCCCC)cc1. The number of amides is 1. The van der Waals surface area contributed by atoms with Crippen LogP contribution in [0.15, 0.2) is 24.3 Å². The van der Waals surface area contributed by atoms with Crippen molar-refractivity contribution in [3.8, 4) is 5.75 Å². The Morgan fingerprint density at radius 3 is 2.65 bits per heavy atom. The minimum Gasteiger partial charge on any atom is -0.494 e.